The van der Waals surface area contributed by atoms with E-state index in [0.717, 1.165) is 0 Å². The molecule has 18 heavy (non-hydrogen) atoms. The molecule has 0 aliphatic carbocycles. The van der Waals surface area contributed by atoms with Gasteiger partial charge < -0.3 is 9.47 Å². The molecule has 0 aromatic carbocycles. The monoisotopic (exact) mass is 255 g/mol. The fraction of sp³-hybridized carbons (Fsp3) is 0.786. The van der Waals surface area contributed by atoms with E-state index in [9.17, 15) is 4.79 Å². The largest absolute Gasteiger partial charge is 0.444 e. The van der Waals surface area contributed by atoms with Crippen LogP contribution in [-0.2, 0) is 9.47 Å². The molecular formula is C14H25NO3. The predicted molar refractivity (Wildman–Crippen MR) is 71.3 cm³/mol. The molecule has 0 radical (unpaired) electrons. The Balaban J connectivity index is 2.92. The van der Waals surface area contributed by atoms with Crippen LogP contribution in [0.15, 0.2) is 12.7 Å². The molecule has 4 heteroatoms. The highest BCUT2D eigenvalue weighted by Gasteiger charge is 2.46. The van der Waals surface area contributed by atoms with Gasteiger partial charge in [0.05, 0.1) is 12.6 Å². The van der Waals surface area contributed by atoms with E-state index in [4.69, 9.17) is 9.47 Å². The normalized spacial score (nSPS) is 24.8. The van der Waals surface area contributed by atoms with Crippen molar-refractivity contribution in [2.75, 3.05) is 6.61 Å². The van der Waals surface area contributed by atoms with Crippen molar-refractivity contribution in [2.45, 2.75) is 58.9 Å². The maximum Gasteiger partial charge on any atom is 0.412 e. The van der Waals surface area contributed by atoms with Crippen molar-refractivity contribution in [3.63, 3.8) is 0 Å². The molecule has 104 valence electrons. The smallest absolute Gasteiger partial charge is 0.412 e. The molecule has 0 spiro atoms. The lowest BCUT2D eigenvalue weighted by atomic mass is 10.0. The first-order valence-electron chi connectivity index (χ1n) is 6.37. The molecule has 1 aliphatic heterocycles. The molecule has 1 rings (SSSR count). The summed E-state index contributed by atoms with van der Waals surface area (Å²) in [6, 6.07) is -0.0210. The van der Waals surface area contributed by atoms with Crippen LogP contribution in [-0.4, -0.2) is 35.0 Å². The van der Waals surface area contributed by atoms with E-state index < -0.39 is 11.3 Å². The number of hydrogen-bond donors (Lipinski definition) is 0. The average Bonchev–Trinajstić information content (AvgIpc) is 2.50. The van der Waals surface area contributed by atoms with Gasteiger partial charge in [0.2, 0.25) is 0 Å². The van der Waals surface area contributed by atoms with Gasteiger partial charge >= 0.3 is 6.09 Å². The zero-order chi connectivity index (χ0) is 14.1. The predicted octanol–water partition coefficient (Wildman–Crippen LogP) is 3.18. The lowest BCUT2D eigenvalue weighted by Gasteiger charge is -2.36. The van der Waals surface area contributed by atoms with E-state index in [-0.39, 0.29) is 18.1 Å². The highest BCUT2D eigenvalue weighted by Crippen LogP contribution is 2.32. The van der Waals surface area contributed by atoms with Gasteiger partial charge in [-0.15, -0.1) is 6.58 Å². The molecule has 0 bridgehead atoms. The van der Waals surface area contributed by atoms with E-state index in [1.807, 2.05) is 47.6 Å². The molecular weight excluding hydrogens is 230 g/mol. The number of amides is 1. The topological polar surface area (TPSA) is 38.8 Å². The summed E-state index contributed by atoms with van der Waals surface area (Å²) in [5, 5.41) is 0. The van der Waals surface area contributed by atoms with Gasteiger partial charge in [0.1, 0.15) is 11.3 Å². The minimum Gasteiger partial charge on any atom is -0.444 e. The van der Waals surface area contributed by atoms with Crippen LogP contribution < -0.4 is 0 Å². The zero-order valence-electron chi connectivity index (χ0n) is 12.3. The van der Waals surface area contributed by atoms with Crippen LogP contribution >= 0.6 is 0 Å². The van der Waals surface area contributed by atoms with Gasteiger partial charge in [0.15, 0.2) is 0 Å². The van der Waals surface area contributed by atoms with Gasteiger partial charge in [-0.25, -0.2) is 4.79 Å². The van der Waals surface area contributed by atoms with Crippen LogP contribution in [0.25, 0.3) is 0 Å². The number of carbonyl (C=O) groups excluding carboxylic acids is 1. The quantitative estimate of drug-likeness (QED) is 0.711. The maximum absolute atomic E-state index is 12.3. The van der Waals surface area contributed by atoms with Crippen molar-refractivity contribution in [2.24, 2.45) is 5.92 Å². The van der Waals surface area contributed by atoms with Gasteiger partial charge in [-0.2, -0.15) is 0 Å². The summed E-state index contributed by atoms with van der Waals surface area (Å²) in [5.74, 6) is 0.166. The van der Waals surface area contributed by atoms with E-state index >= 15 is 0 Å². The Bertz CT molecular complexity index is 330. The first-order valence-corrected chi connectivity index (χ1v) is 6.37. The minimum atomic E-state index is -0.635. The summed E-state index contributed by atoms with van der Waals surface area (Å²) < 4.78 is 11.2. The van der Waals surface area contributed by atoms with Crippen molar-refractivity contribution in [3.8, 4) is 0 Å². The number of carbonyl (C=O) groups is 1. The third kappa shape index (κ3) is 3.25. The third-order valence-corrected chi connectivity index (χ3v) is 3.09. The highest BCUT2D eigenvalue weighted by molar-refractivity contribution is 5.69. The molecule has 1 saturated heterocycles. The number of ether oxygens (including phenoxy) is 2. The van der Waals surface area contributed by atoms with Crippen LogP contribution in [0.2, 0.25) is 0 Å². The second-order valence-electron chi connectivity index (χ2n) is 6.27. The Morgan fingerprint density at radius 1 is 1.56 bits per heavy atom. The number of nitrogens with zero attached hydrogens (tertiary/aromatic N) is 1. The van der Waals surface area contributed by atoms with Crippen molar-refractivity contribution in [3.05, 3.63) is 12.7 Å². The molecule has 4 nitrogen and oxygen atoms in total. The summed E-state index contributed by atoms with van der Waals surface area (Å²) in [6.45, 7) is 15.7. The molecule has 1 heterocycles. The van der Waals surface area contributed by atoms with Crippen LogP contribution in [0.3, 0.4) is 0 Å². The zero-order valence-corrected chi connectivity index (χ0v) is 12.3. The Kier molecular flexibility index (Phi) is 4.11. The van der Waals surface area contributed by atoms with Gasteiger partial charge in [0.25, 0.3) is 0 Å². The molecule has 1 aliphatic rings. The van der Waals surface area contributed by atoms with Crippen LogP contribution in [0.1, 0.15) is 41.5 Å². The molecule has 0 aromatic rings. The summed E-state index contributed by atoms with van der Waals surface area (Å²) in [4.78, 5) is 14.0. The van der Waals surface area contributed by atoms with Crippen molar-refractivity contribution >= 4 is 6.09 Å². The first-order chi connectivity index (χ1) is 8.08. The third-order valence-electron chi connectivity index (χ3n) is 3.09. The lowest BCUT2D eigenvalue weighted by molar-refractivity contribution is -0.0635. The van der Waals surface area contributed by atoms with Gasteiger partial charge in [0, 0.05) is 0 Å². The molecule has 0 saturated carbocycles. The Morgan fingerprint density at radius 3 is 2.56 bits per heavy atom. The Labute approximate surface area is 110 Å². The minimum absolute atomic E-state index is 0.0210. The summed E-state index contributed by atoms with van der Waals surface area (Å²) in [6.07, 6.45) is 1.51. The molecule has 1 amide bonds. The SMILES string of the molecule is C=C[C@@H](C)[C@H]1COC(C)(C)N1C(=O)OC(C)(C)C. The van der Waals surface area contributed by atoms with Crippen molar-refractivity contribution in [1.29, 1.82) is 0 Å². The van der Waals surface area contributed by atoms with Gasteiger partial charge in [-0.05, 0) is 40.5 Å². The second kappa shape index (κ2) is 4.92. The first kappa shape index (κ1) is 15.0. The van der Waals surface area contributed by atoms with E-state index in [1.54, 1.807) is 4.90 Å². The average molecular weight is 255 g/mol. The summed E-state index contributed by atoms with van der Waals surface area (Å²) in [5.41, 5.74) is -1.14. The molecule has 0 N–H and O–H groups in total. The van der Waals surface area contributed by atoms with E-state index in [1.165, 1.54) is 0 Å². The van der Waals surface area contributed by atoms with Crippen LogP contribution in [0.4, 0.5) is 4.79 Å². The van der Waals surface area contributed by atoms with Crippen molar-refractivity contribution < 1.29 is 14.3 Å². The maximum atomic E-state index is 12.3. The number of rotatable bonds is 2. The standard InChI is InChI=1S/C14H25NO3/c1-8-10(2)11-9-17-14(6,7)15(11)12(16)18-13(3,4)5/h8,10-11H,1,9H2,2-7H3/t10-,11-/m1/s1. The molecule has 0 aromatic heterocycles. The van der Waals surface area contributed by atoms with Crippen molar-refractivity contribution in [1.82, 2.24) is 4.90 Å². The van der Waals surface area contributed by atoms with Crippen LogP contribution in [0.5, 0.6) is 0 Å². The van der Waals surface area contributed by atoms with E-state index in [0.29, 0.717) is 6.61 Å². The fourth-order valence-electron chi connectivity index (χ4n) is 2.04. The summed E-state index contributed by atoms with van der Waals surface area (Å²) >= 11 is 0. The Morgan fingerprint density at radius 2 is 2.11 bits per heavy atom. The summed E-state index contributed by atoms with van der Waals surface area (Å²) in [7, 11) is 0. The second-order valence-corrected chi connectivity index (χ2v) is 6.27. The lowest BCUT2D eigenvalue weighted by Crippen LogP contribution is -2.51. The fourth-order valence-corrected chi connectivity index (χ4v) is 2.04. The molecule has 0 unspecified atom stereocenters. The molecule has 2 atom stereocenters. The Hall–Kier alpha value is -1.03. The molecule has 1 fully saturated rings. The number of hydrogen-bond acceptors (Lipinski definition) is 3. The van der Waals surface area contributed by atoms with Crippen LogP contribution in [0, 0.1) is 5.92 Å². The highest BCUT2D eigenvalue weighted by atomic mass is 16.6. The van der Waals surface area contributed by atoms with E-state index in [2.05, 4.69) is 6.58 Å². The van der Waals surface area contributed by atoms with Gasteiger partial charge in [-0.1, -0.05) is 13.0 Å². The van der Waals surface area contributed by atoms with Gasteiger partial charge in [-0.3, -0.25) is 4.90 Å².